The summed E-state index contributed by atoms with van der Waals surface area (Å²) in [6.07, 6.45) is 0.412. The van der Waals surface area contributed by atoms with Crippen LogP contribution in [-0.2, 0) is 4.74 Å². The molecule has 1 rings (SSSR count). The number of ether oxygens (including phenoxy) is 2. The largest absolute Gasteiger partial charge is 0.490 e. The van der Waals surface area contributed by atoms with E-state index in [9.17, 15) is 19.7 Å². The number of nitro groups is 1. The van der Waals surface area contributed by atoms with Gasteiger partial charge in [-0.25, -0.2) is 4.79 Å². The van der Waals surface area contributed by atoms with Crippen LogP contribution in [0.4, 0.5) is 5.69 Å². The van der Waals surface area contributed by atoms with Crippen molar-refractivity contribution in [2.24, 2.45) is 0 Å². The van der Waals surface area contributed by atoms with Crippen molar-refractivity contribution in [1.29, 1.82) is 0 Å². The van der Waals surface area contributed by atoms with Crippen LogP contribution in [0.1, 0.15) is 27.6 Å². The Morgan fingerprint density at radius 1 is 1.50 bits per heavy atom. The van der Waals surface area contributed by atoms with Crippen LogP contribution in [-0.4, -0.2) is 30.9 Å². The van der Waals surface area contributed by atoms with E-state index in [2.05, 4.69) is 0 Å². The van der Waals surface area contributed by atoms with Gasteiger partial charge in [-0.15, -0.1) is 0 Å². The number of carbonyl (C=O) groups excluding carboxylic acids is 2. The van der Waals surface area contributed by atoms with E-state index in [1.807, 2.05) is 0 Å². The number of methoxy groups -OCH3 is 1. The minimum Gasteiger partial charge on any atom is -0.490 e. The first-order chi connectivity index (χ1) is 8.54. The molecular formula is C11H11NO6. The fourth-order valence-electron chi connectivity index (χ4n) is 1.41. The molecular weight excluding hydrogens is 242 g/mol. The van der Waals surface area contributed by atoms with Crippen LogP contribution in [0.25, 0.3) is 0 Å². The van der Waals surface area contributed by atoms with Crippen molar-refractivity contribution < 1.29 is 24.0 Å². The minimum absolute atomic E-state index is 0.00514. The molecule has 0 amide bonds. The highest BCUT2D eigenvalue weighted by atomic mass is 16.6. The minimum atomic E-state index is -0.777. The maximum atomic E-state index is 11.6. The summed E-state index contributed by atoms with van der Waals surface area (Å²) in [4.78, 5) is 32.4. The predicted octanol–water partition coefficient (Wildman–Crippen LogP) is 1.59. The molecule has 1 aromatic rings. The van der Waals surface area contributed by atoms with Crippen molar-refractivity contribution in [1.82, 2.24) is 0 Å². The molecule has 0 aliphatic heterocycles. The Hall–Kier alpha value is -2.44. The zero-order valence-electron chi connectivity index (χ0n) is 9.84. The molecule has 0 spiro atoms. The monoisotopic (exact) mass is 253 g/mol. The summed E-state index contributed by atoms with van der Waals surface area (Å²) in [5.41, 5.74) is -0.591. The lowest BCUT2D eigenvalue weighted by molar-refractivity contribution is -0.385. The molecule has 0 heterocycles. The summed E-state index contributed by atoms with van der Waals surface area (Å²) in [7, 11) is 1.20. The SMILES string of the molecule is CCOC(=O)c1cc(C=O)cc([N+](=O)[O-])c1OC. The topological polar surface area (TPSA) is 95.7 Å². The van der Waals surface area contributed by atoms with Crippen LogP contribution in [0.15, 0.2) is 12.1 Å². The standard InChI is InChI=1S/C11H11NO6/c1-3-18-11(14)8-4-7(6-13)5-9(12(15)16)10(8)17-2/h4-6H,3H2,1-2H3. The lowest BCUT2D eigenvalue weighted by Crippen LogP contribution is -2.09. The molecule has 0 aromatic heterocycles. The van der Waals surface area contributed by atoms with Gasteiger partial charge in [-0.3, -0.25) is 14.9 Å². The zero-order valence-corrected chi connectivity index (χ0v) is 9.84. The molecule has 1 aromatic carbocycles. The second-order valence-electron chi connectivity index (χ2n) is 3.22. The van der Waals surface area contributed by atoms with E-state index in [1.165, 1.54) is 13.2 Å². The van der Waals surface area contributed by atoms with Gasteiger partial charge in [-0.05, 0) is 13.0 Å². The Morgan fingerprint density at radius 3 is 2.61 bits per heavy atom. The van der Waals surface area contributed by atoms with Crippen LogP contribution in [0, 0.1) is 10.1 Å². The lowest BCUT2D eigenvalue weighted by Gasteiger charge is -2.08. The Morgan fingerprint density at radius 2 is 2.17 bits per heavy atom. The highest BCUT2D eigenvalue weighted by molar-refractivity contribution is 5.96. The van der Waals surface area contributed by atoms with E-state index >= 15 is 0 Å². The number of carbonyl (C=O) groups is 2. The van der Waals surface area contributed by atoms with Gasteiger partial charge in [0.15, 0.2) is 0 Å². The third-order valence-corrected chi connectivity index (χ3v) is 2.12. The van der Waals surface area contributed by atoms with Gasteiger partial charge < -0.3 is 9.47 Å². The van der Waals surface area contributed by atoms with Gasteiger partial charge in [0.2, 0.25) is 5.75 Å². The van der Waals surface area contributed by atoms with E-state index in [4.69, 9.17) is 9.47 Å². The fourth-order valence-corrected chi connectivity index (χ4v) is 1.41. The number of esters is 1. The third-order valence-electron chi connectivity index (χ3n) is 2.12. The van der Waals surface area contributed by atoms with Crippen LogP contribution in [0.2, 0.25) is 0 Å². The van der Waals surface area contributed by atoms with Gasteiger partial charge in [0.25, 0.3) is 0 Å². The highest BCUT2D eigenvalue weighted by Gasteiger charge is 2.25. The number of aldehydes is 1. The summed E-state index contributed by atoms with van der Waals surface area (Å²) >= 11 is 0. The van der Waals surface area contributed by atoms with Crippen molar-refractivity contribution in [2.45, 2.75) is 6.92 Å². The number of hydrogen-bond donors (Lipinski definition) is 0. The molecule has 0 saturated heterocycles. The number of nitro benzene ring substituents is 1. The smallest absolute Gasteiger partial charge is 0.342 e. The molecule has 0 aliphatic carbocycles. The van der Waals surface area contributed by atoms with Crippen molar-refractivity contribution >= 4 is 17.9 Å². The molecule has 0 saturated carbocycles. The molecule has 7 nitrogen and oxygen atoms in total. The summed E-state index contributed by atoms with van der Waals surface area (Å²) in [6.45, 7) is 1.71. The summed E-state index contributed by atoms with van der Waals surface area (Å²) in [5, 5.41) is 10.8. The van der Waals surface area contributed by atoms with E-state index < -0.39 is 16.6 Å². The van der Waals surface area contributed by atoms with Crippen LogP contribution < -0.4 is 4.74 Å². The first-order valence-corrected chi connectivity index (χ1v) is 5.03. The molecule has 0 aliphatic rings. The van der Waals surface area contributed by atoms with Gasteiger partial charge in [-0.1, -0.05) is 0 Å². The van der Waals surface area contributed by atoms with Gasteiger partial charge >= 0.3 is 11.7 Å². The maximum absolute atomic E-state index is 11.6. The number of benzene rings is 1. The highest BCUT2D eigenvalue weighted by Crippen LogP contribution is 2.32. The molecule has 0 atom stereocenters. The Balaban J connectivity index is 3.46. The molecule has 0 radical (unpaired) electrons. The molecule has 0 N–H and O–H groups in total. The lowest BCUT2D eigenvalue weighted by atomic mass is 10.1. The maximum Gasteiger partial charge on any atom is 0.342 e. The molecule has 0 bridgehead atoms. The second-order valence-corrected chi connectivity index (χ2v) is 3.22. The van der Waals surface area contributed by atoms with E-state index in [1.54, 1.807) is 6.92 Å². The summed E-state index contributed by atoms with van der Waals surface area (Å²) in [6, 6.07) is 2.23. The van der Waals surface area contributed by atoms with Crippen molar-refractivity contribution in [2.75, 3.05) is 13.7 Å². The van der Waals surface area contributed by atoms with Gasteiger partial charge in [0.05, 0.1) is 18.6 Å². The van der Waals surface area contributed by atoms with Crippen LogP contribution in [0.5, 0.6) is 5.75 Å². The van der Waals surface area contributed by atoms with Gasteiger partial charge in [0, 0.05) is 11.6 Å². The first-order valence-electron chi connectivity index (χ1n) is 5.03. The molecule has 0 fully saturated rings. The van der Waals surface area contributed by atoms with Crippen molar-refractivity contribution in [3.05, 3.63) is 33.4 Å². The molecule has 7 heteroatoms. The van der Waals surface area contributed by atoms with E-state index in [0.717, 1.165) is 6.07 Å². The van der Waals surface area contributed by atoms with Gasteiger partial charge in [0.1, 0.15) is 11.8 Å². The number of rotatable bonds is 5. The molecule has 96 valence electrons. The van der Waals surface area contributed by atoms with E-state index in [0.29, 0.717) is 6.29 Å². The van der Waals surface area contributed by atoms with E-state index in [-0.39, 0.29) is 23.5 Å². The average Bonchev–Trinajstić information content (AvgIpc) is 2.37. The second kappa shape index (κ2) is 5.76. The first kappa shape index (κ1) is 13.6. The predicted molar refractivity (Wildman–Crippen MR) is 61.0 cm³/mol. The zero-order chi connectivity index (χ0) is 13.7. The quantitative estimate of drug-likeness (QED) is 0.342. The average molecular weight is 253 g/mol. The Bertz CT molecular complexity index is 497. The Labute approximate surface area is 102 Å². The normalized spacial score (nSPS) is 9.67. The Kier molecular flexibility index (Phi) is 4.36. The fraction of sp³-hybridized carbons (Fsp3) is 0.273. The number of hydrogen-bond acceptors (Lipinski definition) is 6. The third kappa shape index (κ3) is 2.62. The van der Waals surface area contributed by atoms with Crippen molar-refractivity contribution in [3.8, 4) is 5.75 Å². The summed E-state index contributed by atoms with van der Waals surface area (Å²) in [5.74, 6) is -0.995. The summed E-state index contributed by atoms with van der Waals surface area (Å²) < 4.78 is 9.59. The molecule has 0 unspecified atom stereocenters. The van der Waals surface area contributed by atoms with Crippen molar-refractivity contribution in [3.63, 3.8) is 0 Å². The molecule has 18 heavy (non-hydrogen) atoms. The van der Waals surface area contributed by atoms with Crippen LogP contribution in [0.3, 0.4) is 0 Å². The number of nitrogens with zero attached hydrogens (tertiary/aromatic N) is 1. The van der Waals surface area contributed by atoms with Gasteiger partial charge in [-0.2, -0.15) is 0 Å². The van der Waals surface area contributed by atoms with Crippen LogP contribution >= 0.6 is 0 Å².